The Labute approximate surface area is 171 Å². The molecule has 4 heterocycles. The number of pyridine rings is 1. The van der Waals surface area contributed by atoms with Gasteiger partial charge in [0.1, 0.15) is 0 Å². The third kappa shape index (κ3) is 4.34. The van der Waals surface area contributed by atoms with Gasteiger partial charge in [0, 0.05) is 31.0 Å². The van der Waals surface area contributed by atoms with Crippen LogP contribution in [0, 0.1) is 5.92 Å². The van der Waals surface area contributed by atoms with Gasteiger partial charge >= 0.3 is 5.97 Å². The number of carbonyl (C=O) groups excluding carboxylic acids is 2. The van der Waals surface area contributed by atoms with E-state index in [0.717, 1.165) is 10.4 Å². The molecule has 0 radical (unpaired) electrons. The van der Waals surface area contributed by atoms with Crippen molar-refractivity contribution in [3.8, 4) is 11.4 Å². The van der Waals surface area contributed by atoms with E-state index in [4.69, 9.17) is 9.26 Å². The minimum absolute atomic E-state index is 0.0222. The molecule has 1 fully saturated rings. The molecule has 9 heteroatoms. The van der Waals surface area contributed by atoms with Crippen LogP contribution in [0.4, 0.5) is 0 Å². The molecule has 1 amide bonds. The summed E-state index contributed by atoms with van der Waals surface area (Å²) >= 11 is 1.43. The van der Waals surface area contributed by atoms with Crippen LogP contribution in [-0.4, -0.2) is 45.0 Å². The Hall–Kier alpha value is -3.07. The number of rotatable bonds is 5. The average Bonchev–Trinajstić information content (AvgIpc) is 3.46. The number of aromatic nitrogens is 3. The molecule has 0 bridgehead atoms. The molecule has 1 saturated heterocycles. The lowest BCUT2D eigenvalue weighted by atomic mass is 9.97. The van der Waals surface area contributed by atoms with Crippen molar-refractivity contribution in [1.29, 1.82) is 0 Å². The Bertz CT molecular complexity index is 966. The van der Waals surface area contributed by atoms with E-state index in [9.17, 15) is 9.59 Å². The zero-order chi connectivity index (χ0) is 20.2. The molecule has 4 rings (SSSR count). The molecular weight excluding hydrogens is 392 g/mol. The fourth-order valence-corrected chi connectivity index (χ4v) is 3.90. The smallest absolute Gasteiger partial charge is 0.309 e. The summed E-state index contributed by atoms with van der Waals surface area (Å²) < 4.78 is 10.8. The minimum Gasteiger partial charge on any atom is -0.452 e. The number of nitrogens with zero attached hydrogens (tertiary/aromatic N) is 4. The summed E-state index contributed by atoms with van der Waals surface area (Å²) in [6.45, 7) is 2.78. The number of likely N-dealkylation sites (tertiary alicyclic amines) is 1. The van der Waals surface area contributed by atoms with Crippen LogP contribution in [0.1, 0.15) is 41.4 Å². The molecule has 3 aromatic heterocycles. The van der Waals surface area contributed by atoms with Crippen molar-refractivity contribution in [2.75, 3.05) is 13.1 Å². The summed E-state index contributed by atoms with van der Waals surface area (Å²) in [5, 5.41) is 5.81. The van der Waals surface area contributed by atoms with Crippen LogP contribution in [0.2, 0.25) is 0 Å². The van der Waals surface area contributed by atoms with Crippen molar-refractivity contribution in [3.63, 3.8) is 0 Å². The summed E-state index contributed by atoms with van der Waals surface area (Å²) in [7, 11) is 0. The lowest BCUT2D eigenvalue weighted by Gasteiger charge is -2.31. The molecule has 1 aliphatic heterocycles. The number of thiophene rings is 1. The number of esters is 1. The summed E-state index contributed by atoms with van der Waals surface area (Å²) in [4.78, 5) is 35.8. The number of amides is 1. The van der Waals surface area contributed by atoms with Crippen molar-refractivity contribution < 1.29 is 18.8 Å². The average molecular weight is 412 g/mol. The second-order valence-electron chi connectivity index (χ2n) is 6.82. The SMILES string of the molecule is CC(OC(=O)C1CCN(C(=O)c2cccs2)CC1)c1nc(-c2cccnc2)no1. The molecule has 0 aliphatic carbocycles. The third-order valence-corrected chi connectivity index (χ3v) is 5.71. The Balaban J connectivity index is 1.31. The highest BCUT2D eigenvalue weighted by atomic mass is 32.1. The molecule has 1 unspecified atom stereocenters. The highest BCUT2D eigenvalue weighted by Gasteiger charge is 2.31. The monoisotopic (exact) mass is 412 g/mol. The van der Waals surface area contributed by atoms with E-state index >= 15 is 0 Å². The van der Waals surface area contributed by atoms with Crippen LogP contribution in [0.25, 0.3) is 11.4 Å². The second-order valence-corrected chi connectivity index (χ2v) is 7.77. The Kier molecular flexibility index (Phi) is 5.66. The van der Waals surface area contributed by atoms with E-state index in [1.165, 1.54) is 11.3 Å². The molecule has 29 heavy (non-hydrogen) atoms. The topological polar surface area (TPSA) is 98.4 Å². The maximum Gasteiger partial charge on any atom is 0.309 e. The van der Waals surface area contributed by atoms with Crippen LogP contribution in [0.5, 0.6) is 0 Å². The van der Waals surface area contributed by atoms with Gasteiger partial charge in [0.25, 0.3) is 11.8 Å². The second kappa shape index (κ2) is 8.52. The van der Waals surface area contributed by atoms with Gasteiger partial charge in [-0.1, -0.05) is 11.2 Å². The lowest BCUT2D eigenvalue weighted by molar-refractivity contribution is -0.156. The summed E-state index contributed by atoms with van der Waals surface area (Å²) in [6, 6.07) is 7.29. The first-order valence-electron chi connectivity index (χ1n) is 9.39. The Morgan fingerprint density at radius 1 is 1.28 bits per heavy atom. The first-order chi connectivity index (χ1) is 14.1. The fourth-order valence-electron chi connectivity index (χ4n) is 3.21. The van der Waals surface area contributed by atoms with Gasteiger partial charge in [-0.2, -0.15) is 4.98 Å². The van der Waals surface area contributed by atoms with Gasteiger partial charge in [0.05, 0.1) is 10.8 Å². The highest BCUT2D eigenvalue weighted by Crippen LogP contribution is 2.25. The molecule has 0 saturated carbocycles. The first-order valence-corrected chi connectivity index (χ1v) is 10.3. The maximum atomic E-state index is 12.5. The number of carbonyl (C=O) groups is 2. The van der Waals surface area contributed by atoms with Gasteiger partial charge in [0.2, 0.25) is 5.82 Å². The highest BCUT2D eigenvalue weighted by molar-refractivity contribution is 7.12. The number of hydrogen-bond donors (Lipinski definition) is 0. The molecule has 3 aromatic rings. The standard InChI is InChI=1S/C20H20N4O4S/c1-13(18-22-17(23-28-18)15-4-2-8-21-12-15)27-20(26)14-6-9-24(10-7-14)19(25)16-5-3-11-29-16/h2-5,8,11-14H,6-7,9-10H2,1H3. The molecule has 8 nitrogen and oxygen atoms in total. The van der Waals surface area contributed by atoms with Crippen molar-refractivity contribution >= 4 is 23.2 Å². The Morgan fingerprint density at radius 2 is 2.10 bits per heavy atom. The van der Waals surface area contributed by atoms with Gasteiger partial charge in [-0.15, -0.1) is 11.3 Å². The summed E-state index contributed by atoms with van der Waals surface area (Å²) in [5.41, 5.74) is 0.726. The van der Waals surface area contributed by atoms with Crippen molar-refractivity contribution in [3.05, 3.63) is 52.8 Å². The van der Waals surface area contributed by atoms with Gasteiger partial charge in [0.15, 0.2) is 6.10 Å². The van der Waals surface area contributed by atoms with E-state index < -0.39 is 6.10 Å². The minimum atomic E-state index is -0.647. The van der Waals surface area contributed by atoms with E-state index in [0.29, 0.717) is 31.8 Å². The predicted molar refractivity (Wildman–Crippen MR) is 105 cm³/mol. The quantitative estimate of drug-likeness (QED) is 0.593. The van der Waals surface area contributed by atoms with Gasteiger partial charge in [-0.25, -0.2) is 0 Å². The third-order valence-electron chi connectivity index (χ3n) is 4.85. The van der Waals surface area contributed by atoms with Gasteiger partial charge in [-0.3, -0.25) is 14.6 Å². The van der Waals surface area contributed by atoms with Gasteiger partial charge in [-0.05, 0) is 43.3 Å². The molecular formula is C20H20N4O4S. The number of ether oxygens (including phenoxy) is 1. The van der Waals surface area contributed by atoms with Crippen LogP contribution in [0.3, 0.4) is 0 Å². The number of hydrogen-bond acceptors (Lipinski definition) is 8. The maximum absolute atomic E-state index is 12.5. The normalized spacial score (nSPS) is 15.8. The fraction of sp³-hybridized carbons (Fsp3) is 0.350. The van der Waals surface area contributed by atoms with E-state index in [1.54, 1.807) is 30.3 Å². The van der Waals surface area contributed by atoms with Crippen LogP contribution >= 0.6 is 11.3 Å². The first kappa shape index (κ1) is 19.3. The molecule has 1 aliphatic rings. The predicted octanol–water partition coefficient (Wildman–Crippen LogP) is 3.35. The van der Waals surface area contributed by atoms with Gasteiger partial charge < -0.3 is 14.2 Å². The molecule has 1 atom stereocenters. The van der Waals surface area contributed by atoms with Crippen molar-refractivity contribution in [2.24, 2.45) is 5.92 Å². The number of piperidine rings is 1. The summed E-state index contributed by atoms with van der Waals surface area (Å²) in [6.07, 6.45) is 3.80. The molecule has 0 spiro atoms. The Morgan fingerprint density at radius 3 is 2.79 bits per heavy atom. The zero-order valence-corrected chi connectivity index (χ0v) is 16.7. The van der Waals surface area contributed by atoms with E-state index in [2.05, 4.69) is 15.1 Å². The molecule has 0 N–H and O–H groups in total. The van der Waals surface area contributed by atoms with Crippen LogP contribution < -0.4 is 0 Å². The lowest BCUT2D eigenvalue weighted by Crippen LogP contribution is -2.40. The largest absolute Gasteiger partial charge is 0.452 e. The molecule has 150 valence electrons. The van der Waals surface area contributed by atoms with Crippen LogP contribution in [-0.2, 0) is 9.53 Å². The van der Waals surface area contributed by atoms with Crippen molar-refractivity contribution in [2.45, 2.75) is 25.9 Å². The summed E-state index contributed by atoms with van der Waals surface area (Å²) in [5.74, 6) is 0.111. The molecule has 0 aromatic carbocycles. The van der Waals surface area contributed by atoms with E-state index in [-0.39, 0.29) is 23.7 Å². The zero-order valence-electron chi connectivity index (χ0n) is 15.9. The van der Waals surface area contributed by atoms with Crippen molar-refractivity contribution in [1.82, 2.24) is 20.0 Å². The van der Waals surface area contributed by atoms with Crippen LogP contribution in [0.15, 0.2) is 46.6 Å². The van der Waals surface area contributed by atoms with E-state index in [1.807, 2.05) is 23.6 Å².